The minimum Gasteiger partial charge on any atom is -0.495 e. The van der Waals surface area contributed by atoms with Gasteiger partial charge in [0.25, 0.3) is 0 Å². The average molecular weight is 258 g/mol. The molecule has 0 atom stereocenters. The third-order valence-electron chi connectivity index (χ3n) is 1.98. The van der Waals surface area contributed by atoms with Crippen LogP contribution in [0.15, 0.2) is 18.2 Å². The Morgan fingerprint density at radius 3 is 2.76 bits per heavy atom. The maximum Gasteiger partial charge on any atom is 0.250 e. The Kier molecular flexibility index (Phi) is 5.25. The van der Waals surface area contributed by atoms with Crippen molar-refractivity contribution in [3.05, 3.63) is 23.2 Å². The summed E-state index contributed by atoms with van der Waals surface area (Å²) in [7, 11) is 1.53. The van der Waals surface area contributed by atoms with E-state index in [-0.39, 0.29) is 18.6 Å². The number of hydrogen-bond donors (Lipinski definition) is 1. The zero-order valence-corrected chi connectivity index (χ0v) is 10.9. The molecule has 0 bridgehead atoms. The Balaban J connectivity index is 2.66. The predicted molar refractivity (Wildman–Crippen MR) is 67.7 cm³/mol. The Morgan fingerprint density at radius 2 is 2.18 bits per heavy atom. The van der Waals surface area contributed by atoms with Gasteiger partial charge in [0.05, 0.1) is 18.9 Å². The summed E-state index contributed by atoms with van der Waals surface area (Å²) < 4.78 is 10.3. The van der Waals surface area contributed by atoms with Crippen LogP contribution in [0, 0.1) is 0 Å². The molecule has 4 nitrogen and oxygen atoms in total. The molecule has 0 saturated heterocycles. The van der Waals surface area contributed by atoms with Crippen molar-refractivity contribution in [3.8, 4) is 5.75 Å². The molecule has 1 amide bonds. The van der Waals surface area contributed by atoms with Gasteiger partial charge in [-0.05, 0) is 32.0 Å². The van der Waals surface area contributed by atoms with Crippen molar-refractivity contribution >= 4 is 23.2 Å². The highest BCUT2D eigenvalue weighted by molar-refractivity contribution is 6.31. The molecule has 0 aliphatic rings. The lowest BCUT2D eigenvalue weighted by molar-refractivity contribution is -0.121. The number of anilines is 1. The fourth-order valence-electron chi connectivity index (χ4n) is 1.21. The SMILES string of the molecule is COc1ccc(Cl)cc1NC(=O)COC(C)C. The first kappa shape index (κ1) is 13.8. The van der Waals surface area contributed by atoms with Crippen molar-refractivity contribution in [1.29, 1.82) is 0 Å². The van der Waals surface area contributed by atoms with Crippen LogP contribution in [0.5, 0.6) is 5.75 Å². The molecule has 17 heavy (non-hydrogen) atoms. The second kappa shape index (κ2) is 6.47. The zero-order valence-electron chi connectivity index (χ0n) is 10.1. The number of hydrogen-bond acceptors (Lipinski definition) is 3. The molecule has 0 aromatic heterocycles. The van der Waals surface area contributed by atoms with Gasteiger partial charge in [-0.3, -0.25) is 4.79 Å². The van der Waals surface area contributed by atoms with Gasteiger partial charge >= 0.3 is 0 Å². The fourth-order valence-corrected chi connectivity index (χ4v) is 1.38. The molecule has 0 fully saturated rings. The molecular formula is C12H16ClNO3. The Labute approximate surface area is 106 Å². The molecule has 0 spiro atoms. The van der Waals surface area contributed by atoms with E-state index < -0.39 is 0 Å². The average Bonchev–Trinajstić information content (AvgIpc) is 2.27. The van der Waals surface area contributed by atoms with Crippen molar-refractivity contribution in [2.24, 2.45) is 0 Å². The summed E-state index contributed by atoms with van der Waals surface area (Å²) >= 11 is 5.85. The highest BCUT2D eigenvalue weighted by atomic mass is 35.5. The molecule has 0 saturated carbocycles. The topological polar surface area (TPSA) is 47.6 Å². The molecular weight excluding hydrogens is 242 g/mol. The van der Waals surface area contributed by atoms with E-state index in [1.807, 2.05) is 13.8 Å². The standard InChI is InChI=1S/C12H16ClNO3/c1-8(2)17-7-12(15)14-10-6-9(13)4-5-11(10)16-3/h4-6,8H,7H2,1-3H3,(H,14,15). The lowest BCUT2D eigenvalue weighted by atomic mass is 10.3. The van der Waals surface area contributed by atoms with Gasteiger partial charge in [-0.2, -0.15) is 0 Å². The van der Waals surface area contributed by atoms with Crippen LogP contribution in [-0.2, 0) is 9.53 Å². The quantitative estimate of drug-likeness (QED) is 0.882. The van der Waals surface area contributed by atoms with Crippen molar-refractivity contribution in [3.63, 3.8) is 0 Å². The third-order valence-corrected chi connectivity index (χ3v) is 2.22. The lowest BCUT2D eigenvalue weighted by Crippen LogP contribution is -2.20. The summed E-state index contributed by atoms with van der Waals surface area (Å²) in [5.41, 5.74) is 0.539. The normalized spacial score (nSPS) is 10.4. The summed E-state index contributed by atoms with van der Waals surface area (Å²) in [5, 5.41) is 3.22. The molecule has 0 heterocycles. The van der Waals surface area contributed by atoms with E-state index in [0.29, 0.717) is 16.5 Å². The van der Waals surface area contributed by atoms with Gasteiger partial charge in [-0.25, -0.2) is 0 Å². The van der Waals surface area contributed by atoms with E-state index >= 15 is 0 Å². The van der Waals surface area contributed by atoms with Gasteiger partial charge in [0.1, 0.15) is 12.4 Å². The van der Waals surface area contributed by atoms with Crippen molar-refractivity contribution in [2.75, 3.05) is 19.0 Å². The van der Waals surface area contributed by atoms with Crippen molar-refractivity contribution in [2.45, 2.75) is 20.0 Å². The second-order valence-electron chi connectivity index (χ2n) is 3.75. The van der Waals surface area contributed by atoms with Crippen LogP contribution in [0.25, 0.3) is 0 Å². The molecule has 1 rings (SSSR count). The van der Waals surface area contributed by atoms with Gasteiger partial charge in [-0.15, -0.1) is 0 Å². The largest absolute Gasteiger partial charge is 0.495 e. The highest BCUT2D eigenvalue weighted by Crippen LogP contribution is 2.27. The van der Waals surface area contributed by atoms with Gasteiger partial charge in [0, 0.05) is 5.02 Å². The first-order valence-electron chi connectivity index (χ1n) is 5.28. The highest BCUT2D eigenvalue weighted by Gasteiger charge is 2.08. The van der Waals surface area contributed by atoms with E-state index in [1.54, 1.807) is 18.2 Å². The lowest BCUT2D eigenvalue weighted by Gasteiger charge is -2.11. The van der Waals surface area contributed by atoms with Crippen molar-refractivity contribution < 1.29 is 14.3 Å². The molecule has 5 heteroatoms. The van der Waals surface area contributed by atoms with E-state index in [2.05, 4.69) is 5.32 Å². The number of halogens is 1. The smallest absolute Gasteiger partial charge is 0.250 e. The number of rotatable bonds is 5. The summed E-state index contributed by atoms with van der Waals surface area (Å²) in [4.78, 5) is 11.6. The van der Waals surface area contributed by atoms with Gasteiger partial charge in [0.15, 0.2) is 0 Å². The first-order chi connectivity index (χ1) is 8.02. The maximum atomic E-state index is 11.6. The Hall–Kier alpha value is -1.26. The molecule has 0 aliphatic carbocycles. The van der Waals surface area contributed by atoms with E-state index in [1.165, 1.54) is 7.11 Å². The van der Waals surface area contributed by atoms with Crippen LogP contribution in [0.3, 0.4) is 0 Å². The number of methoxy groups -OCH3 is 1. The molecule has 1 aromatic carbocycles. The summed E-state index contributed by atoms with van der Waals surface area (Å²) in [6.45, 7) is 3.74. The van der Waals surface area contributed by atoms with Crippen molar-refractivity contribution in [1.82, 2.24) is 0 Å². The number of carbonyl (C=O) groups excluding carboxylic acids is 1. The minimum absolute atomic E-state index is 0.00728. The minimum atomic E-state index is -0.237. The molecule has 1 aromatic rings. The number of nitrogens with one attached hydrogen (secondary N) is 1. The monoisotopic (exact) mass is 257 g/mol. The summed E-state index contributed by atoms with van der Waals surface area (Å²) in [6, 6.07) is 5.02. The van der Waals surface area contributed by atoms with E-state index in [9.17, 15) is 4.79 Å². The van der Waals surface area contributed by atoms with Crippen LogP contribution in [0.1, 0.15) is 13.8 Å². The molecule has 0 aliphatic heterocycles. The number of benzene rings is 1. The summed E-state index contributed by atoms with van der Waals surface area (Å²) in [6.07, 6.45) is 0.0157. The number of ether oxygens (including phenoxy) is 2. The molecule has 0 radical (unpaired) electrons. The number of amides is 1. The van der Waals surface area contributed by atoms with Crippen LogP contribution in [-0.4, -0.2) is 25.7 Å². The Bertz CT molecular complexity index is 393. The van der Waals surface area contributed by atoms with Crippen LogP contribution in [0.4, 0.5) is 5.69 Å². The fraction of sp³-hybridized carbons (Fsp3) is 0.417. The molecule has 1 N–H and O–H groups in total. The maximum absolute atomic E-state index is 11.6. The molecule has 0 unspecified atom stereocenters. The molecule has 94 valence electrons. The van der Waals surface area contributed by atoms with Gasteiger partial charge in [-0.1, -0.05) is 11.6 Å². The van der Waals surface area contributed by atoms with Crippen LogP contribution in [0.2, 0.25) is 5.02 Å². The number of carbonyl (C=O) groups is 1. The van der Waals surface area contributed by atoms with Crippen LogP contribution < -0.4 is 10.1 Å². The zero-order chi connectivity index (χ0) is 12.8. The predicted octanol–water partition coefficient (Wildman–Crippen LogP) is 2.71. The van der Waals surface area contributed by atoms with Gasteiger partial charge in [0.2, 0.25) is 5.91 Å². The van der Waals surface area contributed by atoms with E-state index in [0.717, 1.165) is 0 Å². The van der Waals surface area contributed by atoms with Crippen LogP contribution >= 0.6 is 11.6 Å². The first-order valence-corrected chi connectivity index (χ1v) is 5.65. The Morgan fingerprint density at radius 1 is 1.47 bits per heavy atom. The summed E-state index contributed by atoms with van der Waals surface area (Å²) in [5.74, 6) is 0.326. The third kappa shape index (κ3) is 4.63. The van der Waals surface area contributed by atoms with Gasteiger partial charge < -0.3 is 14.8 Å². The van der Waals surface area contributed by atoms with E-state index in [4.69, 9.17) is 21.1 Å². The second-order valence-corrected chi connectivity index (χ2v) is 4.19.